The minimum absolute atomic E-state index is 0.0684. The number of benzene rings is 2. The number of halogens is 2. The largest absolute Gasteiger partial charge is 0.325 e. The van der Waals surface area contributed by atoms with Crippen molar-refractivity contribution >= 4 is 34.8 Å². The quantitative estimate of drug-likeness (QED) is 0.928. The molecule has 5 heteroatoms. The number of carbonyl (C=O) groups excluding carboxylic acids is 1. The highest BCUT2D eigenvalue weighted by Crippen LogP contribution is 2.24. The number of anilines is 1. The van der Waals surface area contributed by atoms with Crippen LogP contribution in [0.15, 0.2) is 42.5 Å². The molecule has 1 heterocycles. The van der Waals surface area contributed by atoms with Crippen LogP contribution < -0.4 is 5.32 Å². The zero-order chi connectivity index (χ0) is 14.8. The van der Waals surface area contributed by atoms with Crippen LogP contribution in [0, 0.1) is 0 Å². The van der Waals surface area contributed by atoms with Gasteiger partial charge in [0.25, 0.3) is 0 Å². The van der Waals surface area contributed by atoms with Crippen molar-refractivity contribution in [2.75, 3.05) is 11.9 Å². The predicted octanol–water partition coefficient (Wildman–Crippen LogP) is 3.95. The second kappa shape index (κ2) is 6.06. The van der Waals surface area contributed by atoms with Gasteiger partial charge in [-0.2, -0.15) is 0 Å². The van der Waals surface area contributed by atoms with Gasteiger partial charge in [-0.1, -0.05) is 47.5 Å². The first kappa shape index (κ1) is 14.4. The summed E-state index contributed by atoms with van der Waals surface area (Å²) < 4.78 is 0. The van der Waals surface area contributed by atoms with E-state index in [2.05, 4.69) is 22.3 Å². The summed E-state index contributed by atoms with van der Waals surface area (Å²) in [6.07, 6.45) is 0. The normalized spacial score (nSPS) is 14.0. The van der Waals surface area contributed by atoms with Crippen LogP contribution in [0.3, 0.4) is 0 Å². The molecule has 1 amide bonds. The minimum atomic E-state index is -0.0684. The van der Waals surface area contributed by atoms with E-state index < -0.39 is 0 Å². The number of hydrogen-bond donors (Lipinski definition) is 1. The molecule has 0 fully saturated rings. The summed E-state index contributed by atoms with van der Waals surface area (Å²) in [5.41, 5.74) is 3.20. The van der Waals surface area contributed by atoms with Crippen molar-refractivity contribution in [1.29, 1.82) is 0 Å². The molecular formula is C16H14Cl2N2O. The zero-order valence-electron chi connectivity index (χ0n) is 11.3. The van der Waals surface area contributed by atoms with E-state index in [4.69, 9.17) is 23.2 Å². The first-order valence-corrected chi connectivity index (χ1v) is 7.41. The Morgan fingerprint density at radius 2 is 1.62 bits per heavy atom. The first-order chi connectivity index (χ1) is 10.1. The van der Waals surface area contributed by atoms with E-state index in [1.807, 2.05) is 12.1 Å². The third kappa shape index (κ3) is 3.56. The van der Waals surface area contributed by atoms with Crippen LogP contribution in [0.2, 0.25) is 10.0 Å². The van der Waals surface area contributed by atoms with Crippen LogP contribution in [0.1, 0.15) is 11.1 Å². The predicted molar refractivity (Wildman–Crippen MR) is 85.6 cm³/mol. The van der Waals surface area contributed by atoms with Gasteiger partial charge >= 0.3 is 0 Å². The Balaban J connectivity index is 1.61. The molecule has 108 valence electrons. The molecule has 0 unspecified atom stereocenters. The van der Waals surface area contributed by atoms with Gasteiger partial charge in [-0.3, -0.25) is 9.69 Å². The van der Waals surface area contributed by atoms with E-state index in [1.165, 1.54) is 11.1 Å². The second-order valence-corrected chi connectivity index (χ2v) is 5.99. The van der Waals surface area contributed by atoms with Crippen molar-refractivity contribution in [2.24, 2.45) is 0 Å². The van der Waals surface area contributed by atoms with Crippen LogP contribution in [0.25, 0.3) is 0 Å². The number of nitrogens with one attached hydrogen (secondary N) is 1. The fourth-order valence-corrected chi connectivity index (χ4v) is 3.07. The Morgan fingerprint density at radius 1 is 1.05 bits per heavy atom. The van der Waals surface area contributed by atoms with Crippen molar-refractivity contribution in [3.8, 4) is 0 Å². The summed E-state index contributed by atoms with van der Waals surface area (Å²) in [6.45, 7) is 1.96. The molecule has 21 heavy (non-hydrogen) atoms. The molecule has 1 N–H and O–H groups in total. The Kier molecular flexibility index (Phi) is 4.15. The first-order valence-electron chi connectivity index (χ1n) is 6.65. The lowest BCUT2D eigenvalue weighted by atomic mass is 10.1. The molecule has 0 aliphatic carbocycles. The highest BCUT2D eigenvalue weighted by atomic mass is 35.5. The van der Waals surface area contributed by atoms with Crippen LogP contribution >= 0.6 is 23.2 Å². The maximum atomic E-state index is 12.1. The molecule has 1 aliphatic heterocycles. The summed E-state index contributed by atoms with van der Waals surface area (Å²) in [7, 11) is 0. The van der Waals surface area contributed by atoms with Gasteiger partial charge < -0.3 is 5.32 Å². The van der Waals surface area contributed by atoms with E-state index >= 15 is 0 Å². The van der Waals surface area contributed by atoms with E-state index in [0.717, 1.165) is 13.1 Å². The molecular weight excluding hydrogens is 307 g/mol. The van der Waals surface area contributed by atoms with Crippen molar-refractivity contribution < 1.29 is 4.79 Å². The maximum absolute atomic E-state index is 12.1. The molecule has 0 atom stereocenters. The lowest BCUT2D eigenvalue weighted by Crippen LogP contribution is -2.29. The molecule has 0 aromatic heterocycles. The van der Waals surface area contributed by atoms with Gasteiger partial charge in [0.15, 0.2) is 0 Å². The molecule has 0 bridgehead atoms. The van der Waals surface area contributed by atoms with Crippen molar-refractivity contribution in [3.63, 3.8) is 0 Å². The Bertz CT molecular complexity index is 642. The third-order valence-corrected chi connectivity index (χ3v) is 3.86. The molecule has 2 aromatic carbocycles. The van der Waals surface area contributed by atoms with Crippen LogP contribution in [0.4, 0.5) is 5.69 Å². The molecule has 0 spiro atoms. The summed E-state index contributed by atoms with van der Waals surface area (Å²) in [4.78, 5) is 14.2. The SMILES string of the molecule is O=C(CN1Cc2ccccc2C1)Nc1cc(Cl)cc(Cl)c1. The lowest BCUT2D eigenvalue weighted by molar-refractivity contribution is -0.117. The van der Waals surface area contributed by atoms with Gasteiger partial charge in [0.2, 0.25) is 5.91 Å². The average Bonchev–Trinajstić information content (AvgIpc) is 2.78. The molecule has 2 aromatic rings. The van der Waals surface area contributed by atoms with E-state index in [-0.39, 0.29) is 5.91 Å². The number of nitrogens with zero attached hydrogens (tertiary/aromatic N) is 1. The number of carbonyl (C=O) groups is 1. The van der Waals surface area contributed by atoms with Gasteiger partial charge in [-0.25, -0.2) is 0 Å². The molecule has 1 aliphatic rings. The van der Waals surface area contributed by atoms with Crippen molar-refractivity contribution in [1.82, 2.24) is 4.90 Å². The number of fused-ring (bicyclic) bond motifs is 1. The van der Waals surface area contributed by atoms with Crippen molar-refractivity contribution in [2.45, 2.75) is 13.1 Å². The smallest absolute Gasteiger partial charge is 0.238 e. The van der Waals surface area contributed by atoms with E-state index in [1.54, 1.807) is 18.2 Å². The van der Waals surface area contributed by atoms with Gasteiger partial charge in [-0.15, -0.1) is 0 Å². The second-order valence-electron chi connectivity index (χ2n) is 5.12. The molecule has 3 nitrogen and oxygen atoms in total. The summed E-state index contributed by atoms with van der Waals surface area (Å²) in [6, 6.07) is 13.3. The van der Waals surface area contributed by atoms with Gasteiger partial charge in [0.1, 0.15) is 0 Å². The fourth-order valence-electron chi connectivity index (χ4n) is 2.55. The Hall–Kier alpha value is -1.55. The Morgan fingerprint density at radius 3 is 2.19 bits per heavy atom. The molecule has 0 saturated carbocycles. The molecule has 0 radical (unpaired) electrons. The topological polar surface area (TPSA) is 32.3 Å². The van der Waals surface area contributed by atoms with E-state index in [9.17, 15) is 4.79 Å². The van der Waals surface area contributed by atoms with E-state index in [0.29, 0.717) is 22.3 Å². The average molecular weight is 321 g/mol. The van der Waals surface area contributed by atoms with Gasteiger partial charge in [0, 0.05) is 28.8 Å². The summed E-state index contributed by atoms with van der Waals surface area (Å²) in [5, 5.41) is 3.84. The molecule has 3 rings (SSSR count). The third-order valence-electron chi connectivity index (χ3n) is 3.42. The summed E-state index contributed by atoms with van der Waals surface area (Å²) >= 11 is 11.8. The monoisotopic (exact) mass is 320 g/mol. The van der Waals surface area contributed by atoms with Gasteiger partial charge in [0.05, 0.1) is 6.54 Å². The number of rotatable bonds is 3. The minimum Gasteiger partial charge on any atom is -0.325 e. The van der Waals surface area contributed by atoms with Crippen LogP contribution in [0.5, 0.6) is 0 Å². The highest BCUT2D eigenvalue weighted by Gasteiger charge is 2.20. The van der Waals surface area contributed by atoms with Crippen LogP contribution in [-0.2, 0) is 17.9 Å². The standard InChI is InChI=1S/C16H14Cl2N2O/c17-13-5-14(18)7-15(6-13)19-16(21)10-20-8-11-3-1-2-4-12(11)9-20/h1-7H,8-10H2,(H,19,21). The number of amides is 1. The van der Waals surface area contributed by atoms with Crippen molar-refractivity contribution in [3.05, 3.63) is 63.6 Å². The van der Waals surface area contributed by atoms with Crippen LogP contribution in [-0.4, -0.2) is 17.4 Å². The van der Waals surface area contributed by atoms with Gasteiger partial charge in [-0.05, 0) is 29.3 Å². The maximum Gasteiger partial charge on any atom is 0.238 e. The number of hydrogen-bond acceptors (Lipinski definition) is 2. The summed E-state index contributed by atoms with van der Waals surface area (Å²) in [5.74, 6) is -0.0684. The highest BCUT2D eigenvalue weighted by molar-refractivity contribution is 6.35. The fraction of sp³-hybridized carbons (Fsp3) is 0.188. The Labute approximate surface area is 133 Å². The lowest BCUT2D eigenvalue weighted by Gasteiger charge is -2.14. The molecule has 0 saturated heterocycles. The zero-order valence-corrected chi connectivity index (χ0v) is 12.8.